The second kappa shape index (κ2) is 15.0. The van der Waals surface area contributed by atoms with Crippen molar-refractivity contribution in [3.8, 4) is 0 Å². The zero-order valence-corrected chi connectivity index (χ0v) is 29.6. The van der Waals surface area contributed by atoms with Crippen molar-refractivity contribution < 1.29 is 22.6 Å². The fourth-order valence-corrected chi connectivity index (χ4v) is 6.53. The number of nitrogens with two attached hydrogens (primary N) is 1. The summed E-state index contributed by atoms with van der Waals surface area (Å²) < 4.78 is 34.4. The molecule has 1 heterocycles. The molecular formula is C39H37N7O5S. The van der Waals surface area contributed by atoms with E-state index in [0.717, 1.165) is 33.7 Å². The summed E-state index contributed by atoms with van der Waals surface area (Å²) in [5.41, 5.74) is 8.16. The molecule has 6 N–H and O–H groups in total. The van der Waals surface area contributed by atoms with Crippen LogP contribution in [0.1, 0.15) is 69.1 Å². The van der Waals surface area contributed by atoms with Crippen molar-refractivity contribution >= 4 is 61.4 Å². The third-order valence-corrected chi connectivity index (χ3v) is 9.05. The molecule has 0 atom stereocenters. The van der Waals surface area contributed by atoms with Crippen molar-refractivity contribution in [1.29, 1.82) is 0 Å². The summed E-state index contributed by atoms with van der Waals surface area (Å²) in [6.45, 7) is 6.56. The number of ketones is 2. The highest BCUT2D eigenvalue weighted by molar-refractivity contribution is 7.86. The van der Waals surface area contributed by atoms with E-state index < -0.39 is 32.3 Å². The van der Waals surface area contributed by atoms with Gasteiger partial charge in [0.05, 0.1) is 16.8 Å². The number of aromatic nitrogens is 3. The number of carbonyl (C=O) groups is 2. The van der Waals surface area contributed by atoms with Gasteiger partial charge in [-0.25, -0.2) is 0 Å². The van der Waals surface area contributed by atoms with Crippen LogP contribution in [0.15, 0.2) is 102 Å². The van der Waals surface area contributed by atoms with Crippen LogP contribution in [-0.2, 0) is 23.2 Å². The van der Waals surface area contributed by atoms with Crippen molar-refractivity contribution in [2.24, 2.45) is 0 Å². The molecule has 1 aliphatic carbocycles. The standard InChI is InChI=1S/C36H29N7O5S.C3H8/c1-20-40-35(43-36(41-20)42-25-14-13-23-9-2-3-10-24(23)16-25)39-19-22-8-6-7-21(15-22)18-38-28-17-29(49(46,47)48)32(37)31-30(28)33(44)26-11-4-5-12-27(26)34(31)45;1-3-2/h2-17,38H,18-19,37H2,1H3,(H,46,47,48)(H2,39,40,41,42,43);3H2,1-2H3. The summed E-state index contributed by atoms with van der Waals surface area (Å²) in [4.78, 5) is 39.7. The van der Waals surface area contributed by atoms with Gasteiger partial charge in [-0.1, -0.05) is 99.1 Å². The third-order valence-electron chi connectivity index (χ3n) is 8.16. The lowest BCUT2D eigenvalue weighted by Crippen LogP contribution is -2.25. The molecule has 264 valence electrons. The number of nitrogen functional groups attached to an aromatic ring is 1. The summed E-state index contributed by atoms with van der Waals surface area (Å²) in [7, 11) is -4.82. The number of nitrogens with one attached hydrogen (secondary N) is 3. The van der Waals surface area contributed by atoms with Gasteiger partial charge < -0.3 is 21.7 Å². The molecule has 0 radical (unpaired) electrons. The quantitative estimate of drug-likeness (QED) is 0.0741. The number of benzene rings is 5. The van der Waals surface area contributed by atoms with Gasteiger partial charge >= 0.3 is 0 Å². The van der Waals surface area contributed by atoms with Gasteiger partial charge in [0.2, 0.25) is 11.9 Å². The molecule has 0 spiro atoms. The average Bonchev–Trinajstić information content (AvgIpc) is 3.12. The molecule has 1 aliphatic rings. The third kappa shape index (κ3) is 7.60. The molecular weight excluding hydrogens is 679 g/mol. The molecule has 0 saturated carbocycles. The van der Waals surface area contributed by atoms with Gasteiger partial charge in [0, 0.05) is 35.6 Å². The Labute approximate surface area is 301 Å². The normalized spacial score (nSPS) is 12.0. The monoisotopic (exact) mass is 715 g/mol. The van der Waals surface area contributed by atoms with Crippen LogP contribution in [0, 0.1) is 6.92 Å². The minimum atomic E-state index is -4.82. The fraction of sp³-hybridized carbons (Fsp3) is 0.154. The van der Waals surface area contributed by atoms with E-state index in [4.69, 9.17) is 5.73 Å². The van der Waals surface area contributed by atoms with Crippen molar-refractivity contribution in [3.63, 3.8) is 0 Å². The van der Waals surface area contributed by atoms with Crippen LogP contribution in [0.4, 0.5) is 29.0 Å². The highest BCUT2D eigenvalue weighted by Gasteiger charge is 2.36. The molecule has 0 saturated heterocycles. The first kappa shape index (κ1) is 35.6. The molecule has 0 aliphatic heterocycles. The summed E-state index contributed by atoms with van der Waals surface area (Å²) in [6.07, 6.45) is 1.25. The number of nitrogens with zero attached hydrogens (tertiary/aromatic N) is 3. The van der Waals surface area contributed by atoms with E-state index in [-0.39, 0.29) is 34.5 Å². The molecule has 0 fully saturated rings. The van der Waals surface area contributed by atoms with Crippen LogP contribution in [-0.4, -0.2) is 39.5 Å². The van der Waals surface area contributed by atoms with Crippen LogP contribution in [0.25, 0.3) is 10.8 Å². The highest BCUT2D eigenvalue weighted by atomic mass is 32.2. The van der Waals surface area contributed by atoms with Crippen molar-refractivity contribution in [2.75, 3.05) is 21.7 Å². The molecule has 7 rings (SSSR count). The van der Waals surface area contributed by atoms with Gasteiger partial charge in [-0.2, -0.15) is 23.4 Å². The number of rotatable bonds is 9. The fourth-order valence-electron chi connectivity index (χ4n) is 5.89. The lowest BCUT2D eigenvalue weighted by molar-refractivity contribution is 0.0980. The Kier molecular flexibility index (Phi) is 10.3. The van der Waals surface area contributed by atoms with Gasteiger partial charge in [0.1, 0.15) is 10.7 Å². The maximum absolute atomic E-state index is 13.6. The summed E-state index contributed by atoms with van der Waals surface area (Å²) >= 11 is 0. The van der Waals surface area contributed by atoms with E-state index in [1.54, 1.807) is 19.1 Å². The van der Waals surface area contributed by atoms with Crippen molar-refractivity contribution in [1.82, 2.24) is 15.0 Å². The van der Waals surface area contributed by atoms with Crippen LogP contribution < -0.4 is 21.7 Å². The van der Waals surface area contributed by atoms with Crippen LogP contribution in [0.2, 0.25) is 0 Å². The number of anilines is 5. The molecule has 1 aromatic heterocycles. The molecule has 0 amide bonds. The number of aryl methyl sites for hydroxylation is 1. The SMILES string of the molecule is CCC.Cc1nc(NCc2cccc(CNc3cc(S(=O)(=O)O)c(N)c4c3C(=O)c3ccccc3C4=O)c2)nc(Nc2ccc3ccccc3c2)n1. The van der Waals surface area contributed by atoms with Crippen LogP contribution in [0.3, 0.4) is 0 Å². The van der Waals surface area contributed by atoms with Crippen molar-refractivity contribution in [2.45, 2.75) is 45.2 Å². The molecule has 12 nitrogen and oxygen atoms in total. The van der Waals surface area contributed by atoms with Crippen molar-refractivity contribution in [3.05, 3.63) is 136 Å². The first-order valence-corrected chi connectivity index (χ1v) is 18.1. The summed E-state index contributed by atoms with van der Waals surface area (Å²) in [5, 5.41) is 11.8. The molecule has 5 aromatic carbocycles. The van der Waals surface area contributed by atoms with Gasteiger partial charge in [-0.3, -0.25) is 14.1 Å². The lowest BCUT2D eigenvalue weighted by Gasteiger charge is -2.23. The van der Waals surface area contributed by atoms with Gasteiger partial charge in [0.15, 0.2) is 11.6 Å². The highest BCUT2D eigenvalue weighted by Crippen LogP contribution is 2.39. The molecule has 0 bridgehead atoms. The predicted molar refractivity (Wildman–Crippen MR) is 203 cm³/mol. The van der Waals surface area contributed by atoms with Crippen LogP contribution in [0.5, 0.6) is 0 Å². The Morgan fingerprint density at radius 1 is 0.692 bits per heavy atom. The van der Waals surface area contributed by atoms with E-state index in [2.05, 4.69) is 44.7 Å². The number of hydrogen-bond donors (Lipinski definition) is 5. The Balaban J connectivity index is 0.00000150. The Morgan fingerprint density at radius 3 is 1.96 bits per heavy atom. The Bertz CT molecular complexity index is 2450. The predicted octanol–water partition coefficient (Wildman–Crippen LogP) is 7.32. The topological polar surface area (TPSA) is 189 Å². The largest absolute Gasteiger partial charge is 0.397 e. The molecule has 0 unspecified atom stereocenters. The zero-order chi connectivity index (χ0) is 37.0. The summed E-state index contributed by atoms with van der Waals surface area (Å²) in [5.74, 6) is 0.226. The van der Waals surface area contributed by atoms with E-state index in [1.807, 2.05) is 66.7 Å². The van der Waals surface area contributed by atoms with E-state index in [0.29, 0.717) is 24.3 Å². The maximum atomic E-state index is 13.6. The molecule has 52 heavy (non-hydrogen) atoms. The number of carbonyl (C=O) groups excluding carboxylic acids is 2. The molecule has 6 aromatic rings. The minimum absolute atomic E-state index is 0.0512. The van der Waals surface area contributed by atoms with E-state index in [9.17, 15) is 22.6 Å². The Morgan fingerprint density at radius 2 is 1.29 bits per heavy atom. The van der Waals surface area contributed by atoms with E-state index in [1.165, 1.54) is 18.6 Å². The van der Waals surface area contributed by atoms with Crippen LogP contribution >= 0.6 is 0 Å². The number of hydrogen-bond acceptors (Lipinski definition) is 11. The smallest absolute Gasteiger partial charge is 0.296 e. The maximum Gasteiger partial charge on any atom is 0.296 e. The Hall–Kier alpha value is -6.18. The van der Waals surface area contributed by atoms with Gasteiger partial charge in [-0.05, 0) is 47.0 Å². The minimum Gasteiger partial charge on any atom is -0.397 e. The summed E-state index contributed by atoms with van der Waals surface area (Å²) in [6, 6.07) is 28.9. The van der Waals surface area contributed by atoms with Gasteiger partial charge in [-0.15, -0.1) is 0 Å². The first-order chi connectivity index (χ1) is 25.0. The van der Waals surface area contributed by atoms with E-state index >= 15 is 0 Å². The molecule has 13 heteroatoms. The number of fused-ring (bicyclic) bond motifs is 3. The lowest BCUT2D eigenvalue weighted by atomic mass is 9.82. The average molecular weight is 716 g/mol. The zero-order valence-electron chi connectivity index (χ0n) is 28.8. The second-order valence-corrected chi connectivity index (χ2v) is 13.6. The first-order valence-electron chi connectivity index (χ1n) is 16.6. The van der Waals surface area contributed by atoms with Gasteiger partial charge in [0.25, 0.3) is 10.1 Å². The second-order valence-electron chi connectivity index (χ2n) is 12.2.